The van der Waals surface area contributed by atoms with E-state index in [-0.39, 0.29) is 11.9 Å². The van der Waals surface area contributed by atoms with Crippen molar-refractivity contribution in [2.24, 2.45) is 0 Å². The second-order valence-electron chi connectivity index (χ2n) is 6.94. The summed E-state index contributed by atoms with van der Waals surface area (Å²) in [7, 11) is 0. The Balaban J connectivity index is 1.47. The maximum Gasteiger partial charge on any atom is 0.274 e. The van der Waals surface area contributed by atoms with Crippen LogP contribution < -0.4 is 0 Å². The summed E-state index contributed by atoms with van der Waals surface area (Å²) in [5, 5.41) is 9.34. The van der Waals surface area contributed by atoms with Crippen LogP contribution in [0.3, 0.4) is 0 Å². The van der Waals surface area contributed by atoms with Crippen molar-refractivity contribution in [1.29, 1.82) is 0 Å². The average Bonchev–Trinajstić information content (AvgIpc) is 3.41. The summed E-state index contributed by atoms with van der Waals surface area (Å²) in [6, 6.07) is 6.11. The smallest absolute Gasteiger partial charge is 0.274 e. The summed E-state index contributed by atoms with van der Waals surface area (Å²) in [6.45, 7) is 6.42. The number of rotatable bonds is 6. The van der Waals surface area contributed by atoms with Crippen LogP contribution in [0.2, 0.25) is 0 Å². The average molecular weight is 391 g/mol. The molecule has 4 rings (SSSR count). The Morgan fingerprint density at radius 3 is 2.78 bits per heavy atom. The van der Waals surface area contributed by atoms with E-state index in [2.05, 4.69) is 15.1 Å². The molecule has 0 bridgehead atoms. The number of hydrogen-bond acceptors (Lipinski definition) is 6. The van der Waals surface area contributed by atoms with Gasteiger partial charge >= 0.3 is 0 Å². The lowest BCUT2D eigenvalue weighted by Crippen LogP contribution is -2.48. The molecule has 0 unspecified atom stereocenters. The van der Waals surface area contributed by atoms with E-state index in [1.807, 2.05) is 28.5 Å². The number of aromatic amines is 1. The van der Waals surface area contributed by atoms with Crippen LogP contribution in [0.5, 0.6) is 0 Å². The van der Waals surface area contributed by atoms with Crippen molar-refractivity contribution < 1.29 is 14.3 Å². The predicted molar refractivity (Wildman–Crippen MR) is 104 cm³/mol. The number of carbonyl (C=O) groups excluding carboxylic acids is 1. The van der Waals surface area contributed by atoms with Crippen molar-refractivity contribution >= 4 is 17.2 Å². The number of nitrogens with one attached hydrogen (secondary N) is 1. The topological polar surface area (TPSA) is 70.7 Å². The minimum absolute atomic E-state index is 0.00853. The molecule has 0 radical (unpaired) electrons. The molecule has 2 aliphatic heterocycles. The zero-order valence-corrected chi connectivity index (χ0v) is 16.2. The standard InChI is InChI=1S/C19H26N4O3S/c24-19(17-14-16(20-21-17)18-2-1-13-27-18)23(15-3-9-25-10-4-15)6-5-22-7-11-26-12-8-22/h1-2,13-15H,3-12H2,(H,20,21). The van der Waals surface area contributed by atoms with Gasteiger partial charge in [0.1, 0.15) is 0 Å². The van der Waals surface area contributed by atoms with Gasteiger partial charge in [0.2, 0.25) is 0 Å². The second kappa shape index (κ2) is 8.97. The number of amides is 1. The van der Waals surface area contributed by atoms with Crippen molar-refractivity contribution in [2.75, 3.05) is 52.6 Å². The summed E-state index contributed by atoms with van der Waals surface area (Å²) in [6.07, 6.45) is 1.77. The molecule has 7 nitrogen and oxygen atoms in total. The van der Waals surface area contributed by atoms with Gasteiger partial charge in [0, 0.05) is 45.4 Å². The molecule has 2 aromatic heterocycles. The molecule has 2 fully saturated rings. The van der Waals surface area contributed by atoms with Crippen molar-refractivity contribution in [3.63, 3.8) is 0 Å². The Bertz CT molecular complexity index is 721. The second-order valence-corrected chi connectivity index (χ2v) is 7.89. The van der Waals surface area contributed by atoms with E-state index >= 15 is 0 Å². The van der Waals surface area contributed by atoms with E-state index in [1.54, 1.807) is 11.3 Å². The van der Waals surface area contributed by atoms with Gasteiger partial charge in [-0.15, -0.1) is 11.3 Å². The minimum atomic E-state index is 0.00853. The third-order valence-corrected chi connectivity index (χ3v) is 6.14. The van der Waals surface area contributed by atoms with Crippen LogP contribution >= 0.6 is 11.3 Å². The van der Waals surface area contributed by atoms with E-state index in [0.717, 1.165) is 56.3 Å². The summed E-state index contributed by atoms with van der Waals surface area (Å²) in [5.41, 5.74) is 1.39. The number of aromatic nitrogens is 2. The summed E-state index contributed by atoms with van der Waals surface area (Å²) in [4.78, 5) is 18.7. The molecule has 0 aromatic carbocycles. The Hall–Kier alpha value is -1.74. The zero-order chi connectivity index (χ0) is 18.5. The lowest BCUT2D eigenvalue weighted by molar-refractivity contribution is 0.0139. The largest absolute Gasteiger partial charge is 0.381 e. The fourth-order valence-electron chi connectivity index (χ4n) is 3.66. The van der Waals surface area contributed by atoms with Crippen LogP contribution in [0.1, 0.15) is 23.3 Å². The Kier molecular flexibility index (Phi) is 6.18. The van der Waals surface area contributed by atoms with Crippen molar-refractivity contribution in [3.05, 3.63) is 29.3 Å². The van der Waals surface area contributed by atoms with Gasteiger partial charge in [-0.05, 0) is 30.4 Å². The molecular formula is C19H26N4O3S. The number of hydrogen-bond donors (Lipinski definition) is 1. The van der Waals surface area contributed by atoms with Crippen molar-refractivity contribution in [2.45, 2.75) is 18.9 Å². The van der Waals surface area contributed by atoms with E-state index in [0.29, 0.717) is 25.5 Å². The van der Waals surface area contributed by atoms with Gasteiger partial charge < -0.3 is 14.4 Å². The first-order chi connectivity index (χ1) is 13.3. The van der Waals surface area contributed by atoms with Gasteiger partial charge in [-0.1, -0.05) is 6.07 Å². The highest BCUT2D eigenvalue weighted by Gasteiger charge is 2.28. The van der Waals surface area contributed by atoms with Gasteiger partial charge in [0.15, 0.2) is 5.69 Å². The van der Waals surface area contributed by atoms with E-state index in [1.165, 1.54) is 0 Å². The number of nitrogens with zero attached hydrogens (tertiary/aromatic N) is 3. The summed E-state index contributed by atoms with van der Waals surface area (Å²) < 4.78 is 10.9. The molecular weight excluding hydrogens is 364 g/mol. The molecule has 2 aliphatic rings. The van der Waals surface area contributed by atoms with E-state index in [9.17, 15) is 4.79 Å². The predicted octanol–water partition coefficient (Wildman–Crippen LogP) is 2.09. The first kappa shape index (κ1) is 18.6. The van der Waals surface area contributed by atoms with E-state index < -0.39 is 0 Å². The van der Waals surface area contributed by atoms with Gasteiger partial charge in [-0.2, -0.15) is 5.10 Å². The quantitative estimate of drug-likeness (QED) is 0.818. The number of carbonyl (C=O) groups is 1. The Morgan fingerprint density at radius 1 is 1.26 bits per heavy atom. The van der Waals surface area contributed by atoms with Crippen LogP contribution in [0.25, 0.3) is 10.6 Å². The molecule has 0 spiro atoms. The van der Waals surface area contributed by atoms with Crippen molar-refractivity contribution in [1.82, 2.24) is 20.0 Å². The Labute approximate surface area is 163 Å². The lowest BCUT2D eigenvalue weighted by Gasteiger charge is -2.36. The third-order valence-electron chi connectivity index (χ3n) is 5.24. The summed E-state index contributed by atoms with van der Waals surface area (Å²) in [5.74, 6) is 0.00853. The number of H-pyrrole nitrogens is 1. The van der Waals surface area contributed by atoms with Gasteiger partial charge in [0.25, 0.3) is 5.91 Å². The van der Waals surface area contributed by atoms with Crippen molar-refractivity contribution in [3.8, 4) is 10.6 Å². The molecule has 0 saturated carbocycles. The Morgan fingerprint density at radius 2 is 2.04 bits per heavy atom. The molecule has 0 atom stereocenters. The van der Waals surface area contributed by atoms with Crippen LogP contribution in [0.15, 0.2) is 23.6 Å². The minimum Gasteiger partial charge on any atom is -0.381 e. The number of ether oxygens (including phenoxy) is 2. The number of thiophene rings is 1. The van der Waals surface area contributed by atoms with Crippen LogP contribution in [-0.4, -0.2) is 84.6 Å². The van der Waals surface area contributed by atoms with Gasteiger partial charge in [-0.25, -0.2) is 0 Å². The fourth-order valence-corrected chi connectivity index (χ4v) is 4.35. The van der Waals surface area contributed by atoms with Crippen LogP contribution in [0, 0.1) is 0 Å². The molecule has 146 valence electrons. The molecule has 1 N–H and O–H groups in total. The monoisotopic (exact) mass is 390 g/mol. The fraction of sp³-hybridized carbons (Fsp3) is 0.579. The van der Waals surface area contributed by atoms with Gasteiger partial charge in [-0.3, -0.25) is 14.8 Å². The molecule has 1 amide bonds. The maximum atomic E-state index is 13.3. The van der Waals surface area contributed by atoms with Crippen LogP contribution in [0.4, 0.5) is 0 Å². The highest BCUT2D eigenvalue weighted by atomic mass is 32.1. The first-order valence-corrected chi connectivity index (χ1v) is 10.5. The SMILES string of the molecule is O=C(c1cc(-c2cccs2)[nH]n1)N(CCN1CCOCC1)C1CCOCC1. The molecule has 27 heavy (non-hydrogen) atoms. The normalized spacial score (nSPS) is 19.3. The number of morpholine rings is 1. The third kappa shape index (κ3) is 4.57. The maximum absolute atomic E-state index is 13.3. The molecule has 2 saturated heterocycles. The molecule has 8 heteroatoms. The summed E-state index contributed by atoms with van der Waals surface area (Å²) >= 11 is 1.64. The molecule has 0 aliphatic carbocycles. The lowest BCUT2D eigenvalue weighted by atomic mass is 10.1. The van der Waals surface area contributed by atoms with Crippen LogP contribution in [-0.2, 0) is 9.47 Å². The molecule has 4 heterocycles. The zero-order valence-electron chi connectivity index (χ0n) is 15.4. The van der Waals surface area contributed by atoms with E-state index in [4.69, 9.17) is 9.47 Å². The highest BCUT2D eigenvalue weighted by Crippen LogP contribution is 2.24. The highest BCUT2D eigenvalue weighted by molar-refractivity contribution is 7.13. The first-order valence-electron chi connectivity index (χ1n) is 9.59. The molecule has 2 aromatic rings. The van der Waals surface area contributed by atoms with Gasteiger partial charge in [0.05, 0.1) is 23.8 Å².